The summed E-state index contributed by atoms with van der Waals surface area (Å²) in [6, 6.07) is 17.1. The van der Waals surface area contributed by atoms with Crippen LogP contribution in [0.4, 0.5) is 11.6 Å². The first-order chi connectivity index (χ1) is 12.6. The van der Waals surface area contributed by atoms with Crippen molar-refractivity contribution in [1.29, 1.82) is 0 Å². The molecule has 0 radical (unpaired) electrons. The van der Waals surface area contributed by atoms with Crippen LogP contribution < -0.4 is 15.4 Å². The van der Waals surface area contributed by atoms with Crippen LogP contribution in [0.3, 0.4) is 0 Å². The van der Waals surface area contributed by atoms with E-state index in [2.05, 4.69) is 20.6 Å². The Morgan fingerprint density at radius 1 is 0.923 bits per heavy atom. The Morgan fingerprint density at radius 3 is 2.15 bits per heavy atom. The number of hydrogen-bond donors (Lipinski definition) is 2. The standard InChI is InChI=1S/C20H20N4O2/c1-14(2)23-19(25)15-12-21-20(22-13-15)24-16-8-10-18(11-9-16)26-17-6-4-3-5-7-17/h3-14H,1-2H3,(H,23,25)(H,21,22,24). The van der Waals surface area contributed by atoms with Crippen molar-refractivity contribution in [1.82, 2.24) is 15.3 Å². The summed E-state index contributed by atoms with van der Waals surface area (Å²) in [5.41, 5.74) is 1.25. The topological polar surface area (TPSA) is 76.1 Å². The maximum absolute atomic E-state index is 11.9. The monoisotopic (exact) mass is 348 g/mol. The molecule has 0 fully saturated rings. The molecule has 3 rings (SSSR count). The number of nitrogens with one attached hydrogen (secondary N) is 2. The van der Waals surface area contributed by atoms with Gasteiger partial charge in [0, 0.05) is 24.1 Å². The quantitative estimate of drug-likeness (QED) is 0.700. The highest BCUT2D eigenvalue weighted by molar-refractivity contribution is 5.93. The van der Waals surface area contributed by atoms with Crippen LogP contribution >= 0.6 is 0 Å². The molecule has 0 spiro atoms. The van der Waals surface area contributed by atoms with Crippen LogP contribution in [0, 0.1) is 0 Å². The van der Waals surface area contributed by atoms with Gasteiger partial charge in [-0.1, -0.05) is 18.2 Å². The molecule has 0 atom stereocenters. The average molecular weight is 348 g/mol. The predicted molar refractivity (Wildman–Crippen MR) is 101 cm³/mol. The second kappa shape index (κ2) is 8.11. The zero-order valence-corrected chi connectivity index (χ0v) is 14.6. The van der Waals surface area contributed by atoms with E-state index >= 15 is 0 Å². The number of hydrogen-bond acceptors (Lipinski definition) is 5. The van der Waals surface area contributed by atoms with E-state index in [1.54, 1.807) is 0 Å². The van der Waals surface area contributed by atoms with E-state index in [0.29, 0.717) is 11.5 Å². The molecule has 0 aliphatic heterocycles. The second-order valence-corrected chi connectivity index (χ2v) is 5.99. The first kappa shape index (κ1) is 17.4. The van der Waals surface area contributed by atoms with E-state index in [-0.39, 0.29) is 11.9 Å². The van der Waals surface area contributed by atoms with Gasteiger partial charge in [0.2, 0.25) is 5.95 Å². The number of para-hydroxylation sites is 1. The van der Waals surface area contributed by atoms with Crippen LogP contribution in [0.1, 0.15) is 24.2 Å². The van der Waals surface area contributed by atoms with E-state index in [0.717, 1.165) is 17.2 Å². The van der Waals surface area contributed by atoms with Crippen molar-refractivity contribution in [2.24, 2.45) is 0 Å². The Labute approximate surface area is 152 Å². The predicted octanol–water partition coefficient (Wildman–Crippen LogP) is 4.15. The van der Waals surface area contributed by atoms with Crippen molar-refractivity contribution in [2.45, 2.75) is 19.9 Å². The highest BCUT2D eigenvalue weighted by Gasteiger charge is 2.08. The van der Waals surface area contributed by atoms with Gasteiger partial charge in [-0.2, -0.15) is 0 Å². The molecule has 1 amide bonds. The van der Waals surface area contributed by atoms with E-state index in [1.807, 2.05) is 68.4 Å². The van der Waals surface area contributed by atoms with Gasteiger partial charge in [-0.15, -0.1) is 0 Å². The van der Waals surface area contributed by atoms with E-state index in [9.17, 15) is 4.79 Å². The molecule has 26 heavy (non-hydrogen) atoms. The van der Waals surface area contributed by atoms with Crippen molar-refractivity contribution in [3.8, 4) is 11.5 Å². The number of ether oxygens (including phenoxy) is 1. The van der Waals surface area contributed by atoms with E-state index < -0.39 is 0 Å². The molecular formula is C20H20N4O2. The summed E-state index contributed by atoms with van der Waals surface area (Å²) in [4.78, 5) is 20.2. The molecule has 2 N–H and O–H groups in total. The van der Waals surface area contributed by atoms with Crippen LogP contribution in [-0.4, -0.2) is 21.9 Å². The van der Waals surface area contributed by atoms with Crippen LogP contribution in [0.15, 0.2) is 67.0 Å². The van der Waals surface area contributed by atoms with Gasteiger partial charge in [0.1, 0.15) is 11.5 Å². The molecule has 3 aromatic rings. The Morgan fingerprint density at radius 2 is 1.54 bits per heavy atom. The van der Waals surface area contributed by atoms with Crippen molar-refractivity contribution in [3.63, 3.8) is 0 Å². The fourth-order valence-corrected chi connectivity index (χ4v) is 2.22. The minimum absolute atomic E-state index is 0.0666. The number of nitrogens with zero attached hydrogens (tertiary/aromatic N) is 2. The summed E-state index contributed by atoms with van der Waals surface area (Å²) < 4.78 is 5.75. The first-order valence-electron chi connectivity index (χ1n) is 8.33. The number of amides is 1. The van der Waals surface area contributed by atoms with Crippen LogP contribution in [0.5, 0.6) is 11.5 Å². The van der Waals surface area contributed by atoms with Gasteiger partial charge in [-0.05, 0) is 50.2 Å². The van der Waals surface area contributed by atoms with E-state index in [1.165, 1.54) is 12.4 Å². The Kier molecular flexibility index (Phi) is 5.43. The lowest BCUT2D eigenvalue weighted by Crippen LogP contribution is -2.30. The molecule has 0 bridgehead atoms. The molecule has 6 nitrogen and oxygen atoms in total. The number of carbonyl (C=O) groups excluding carboxylic acids is 1. The lowest BCUT2D eigenvalue weighted by atomic mass is 10.3. The van der Waals surface area contributed by atoms with Crippen molar-refractivity contribution >= 4 is 17.5 Å². The van der Waals surface area contributed by atoms with Gasteiger partial charge in [-0.3, -0.25) is 4.79 Å². The molecule has 132 valence electrons. The zero-order valence-electron chi connectivity index (χ0n) is 14.6. The summed E-state index contributed by atoms with van der Waals surface area (Å²) in [7, 11) is 0. The lowest BCUT2D eigenvalue weighted by molar-refractivity contribution is 0.0942. The van der Waals surface area contributed by atoms with Gasteiger partial charge >= 0.3 is 0 Å². The molecule has 0 unspecified atom stereocenters. The van der Waals surface area contributed by atoms with Gasteiger partial charge in [-0.25, -0.2) is 9.97 Å². The fourth-order valence-electron chi connectivity index (χ4n) is 2.22. The molecule has 2 aromatic carbocycles. The van der Waals surface area contributed by atoms with Crippen LogP contribution in [0.25, 0.3) is 0 Å². The molecule has 1 heterocycles. The average Bonchev–Trinajstić information content (AvgIpc) is 2.64. The maximum Gasteiger partial charge on any atom is 0.254 e. The van der Waals surface area contributed by atoms with Crippen LogP contribution in [0.2, 0.25) is 0 Å². The molecular weight excluding hydrogens is 328 g/mol. The highest BCUT2D eigenvalue weighted by Crippen LogP contribution is 2.23. The SMILES string of the molecule is CC(C)NC(=O)c1cnc(Nc2ccc(Oc3ccccc3)cc2)nc1. The molecule has 1 aromatic heterocycles. The smallest absolute Gasteiger partial charge is 0.254 e. The van der Waals surface area contributed by atoms with E-state index in [4.69, 9.17) is 4.74 Å². The Balaban J connectivity index is 1.61. The van der Waals surface area contributed by atoms with Crippen molar-refractivity contribution < 1.29 is 9.53 Å². The fraction of sp³-hybridized carbons (Fsp3) is 0.150. The molecule has 0 aliphatic carbocycles. The summed E-state index contributed by atoms with van der Waals surface area (Å²) in [6.45, 7) is 3.81. The Hall–Kier alpha value is -3.41. The summed E-state index contributed by atoms with van der Waals surface area (Å²) in [5.74, 6) is 1.76. The first-order valence-corrected chi connectivity index (χ1v) is 8.33. The molecule has 0 saturated carbocycles. The number of aromatic nitrogens is 2. The van der Waals surface area contributed by atoms with Gasteiger partial charge < -0.3 is 15.4 Å². The zero-order chi connectivity index (χ0) is 18.4. The largest absolute Gasteiger partial charge is 0.457 e. The molecule has 0 aliphatic rings. The number of anilines is 2. The van der Waals surface area contributed by atoms with Gasteiger partial charge in [0.05, 0.1) is 5.56 Å². The maximum atomic E-state index is 11.9. The summed E-state index contributed by atoms with van der Waals surface area (Å²) >= 11 is 0. The number of carbonyl (C=O) groups is 1. The minimum Gasteiger partial charge on any atom is -0.457 e. The van der Waals surface area contributed by atoms with Gasteiger partial charge in [0.25, 0.3) is 5.91 Å². The van der Waals surface area contributed by atoms with Crippen molar-refractivity contribution in [3.05, 3.63) is 72.6 Å². The molecule has 6 heteroatoms. The second-order valence-electron chi connectivity index (χ2n) is 5.99. The molecule has 0 saturated heterocycles. The lowest BCUT2D eigenvalue weighted by Gasteiger charge is -2.09. The highest BCUT2D eigenvalue weighted by atomic mass is 16.5. The normalized spacial score (nSPS) is 10.4. The summed E-state index contributed by atoms with van der Waals surface area (Å²) in [5, 5.41) is 5.89. The summed E-state index contributed by atoms with van der Waals surface area (Å²) in [6.07, 6.45) is 3.00. The number of rotatable bonds is 6. The third-order valence-corrected chi connectivity index (χ3v) is 3.42. The minimum atomic E-state index is -0.186. The van der Waals surface area contributed by atoms with Gasteiger partial charge in [0.15, 0.2) is 0 Å². The van der Waals surface area contributed by atoms with Crippen LogP contribution in [-0.2, 0) is 0 Å². The number of benzene rings is 2. The third-order valence-electron chi connectivity index (χ3n) is 3.42. The third kappa shape index (κ3) is 4.80. The Bertz CT molecular complexity index is 847. The van der Waals surface area contributed by atoms with Crippen molar-refractivity contribution in [2.75, 3.05) is 5.32 Å².